The summed E-state index contributed by atoms with van der Waals surface area (Å²) in [6.45, 7) is 6.14. The van der Waals surface area contributed by atoms with Crippen molar-refractivity contribution in [1.29, 1.82) is 0 Å². The second-order valence-electron chi connectivity index (χ2n) is 12.8. The van der Waals surface area contributed by atoms with Crippen LogP contribution in [0.4, 0.5) is 8.78 Å². The lowest BCUT2D eigenvalue weighted by Gasteiger charge is -2.49. The van der Waals surface area contributed by atoms with E-state index in [0.717, 1.165) is 11.4 Å². The number of benzene rings is 1. The largest absolute Gasteiger partial charge is 0.506 e. The summed E-state index contributed by atoms with van der Waals surface area (Å²) in [4.78, 5) is 36.5. The van der Waals surface area contributed by atoms with E-state index < -0.39 is 30.3 Å². The number of aromatic amines is 1. The molecule has 6 rings (SSSR count). The summed E-state index contributed by atoms with van der Waals surface area (Å²) < 4.78 is 35.0. The van der Waals surface area contributed by atoms with Gasteiger partial charge in [-0.05, 0) is 60.5 Å². The van der Waals surface area contributed by atoms with Crippen LogP contribution in [0.1, 0.15) is 70.2 Å². The Labute approximate surface area is 279 Å². The molecule has 10 nitrogen and oxygen atoms in total. The summed E-state index contributed by atoms with van der Waals surface area (Å²) in [7, 11) is 0. The fourth-order valence-corrected chi connectivity index (χ4v) is 8.11. The summed E-state index contributed by atoms with van der Waals surface area (Å²) in [6, 6.07) is 8.24. The van der Waals surface area contributed by atoms with Crippen LogP contribution in [-0.2, 0) is 17.7 Å². The number of pyridine rings is 1. The average Bonchev–Trinajstić information content (AvgIpc) is 3.70. The number of piperidine rings is 1. The van der Waals surface area contributed by atoms with E-state index in [9.17, 15) is 28.6 Å². The van der Waals surface area contributed by atoms with Gasteiger partial charge in [-0.15, -0.1) is 22.7 Å². The number of aliphatic hydroxyl groups excluding tert-OH is 1. The van der Waals surface area contributed by atoms with E-state index in [1.165, 1.54) is 38.8 Å². The number of likely N-dealkylation sites (tertiary alicyclic amines) is 1. The van der Waals surface area contributed by atoms with Crippen molar-refractivity contribution >= 4 is 39.5 Å². The molecule has 0 aliphatic carbocycles. The van der Waals surface area contributed by atoms with Gasteiger partial charge in [0.15, 0.2) is 0 Å². The number of phenolic OH excluding ortho intramolecular Hbond substituents is 1. The van der Waals surface area contributed by atoms with E-state index in [-0.39, 0.29) is 29.5 Å². The highest BCUT2D eigenvalue weighted by Crippen LogP contribution is 2.39. The summed E-state index contributed by atoms with van der Waals surface area (Å²) in [6.07, 6.45) is -2.68. The number of aromatic hydroxyl groups is 1. The Balaban J connectivity index is 0.978. The van der Waals surface area contributed by atoms with Gasteiger partial charge in [-0.25, -0.2) is 4.98 Å². The molecule has 2 aliphatic heterocycles. The van der Waals surface area contributed by atoms with E-state index in [0.29, 0.717) is 62.0 Å². The zero-order chi connectivity index (χ0) is 33.3. The molecule has 0 unspecified atom stereocenters. The van der Waals surface area contributed by atoms with E-state index in [1.807, 2.05) is 13.8 Å². The molecule has 2 fully saturated rings. The molecule has 47 heavy (non-hydrogen) atoms. The van der Waals surface area contributed by atoms with E-state index in [4.69, 9.17) is 4.74 Å². The normalized spacial score (nSPS) is 18.7. The second kappa shape index (κ2) is 13.7. The zero-order valence-electron chi connectivity index (χ0n) is 26.3. The molecule has 4 aromatic rings. The van der Waals surface area contributed by atoms with Crippen molar-refractivity contribution in [3.05, 3.63) is 78.2 Å². The number of phenols is 1. The number of nitrogens with zero attached hydrogens (tertiary/aromatic N) is 3. The maximum Gasteiger partial charge on any atom is 0.373 e. The van der Waals surface area contributed by atoms with Gasteiger partial charge in [-0.2, -0.15) is 8.78 Å². The number of aromatic nitrogens is 2. The highest BCUT2D eigenvalue weighted by atomic mass is 32.1. The number of hydrogen-bond donors (Lipinski definition) is 4. The molecule has 2 aliphatic rings. The number of alkyl halides is 2. The molecule has 1 aromatic carbocycles. The van der Waals surface area contributed by atoms with Crippen molar-refractivity contribution in [2.45, 2.75) is 63.4 Å². The molecule has 0 radical (unpaired) electrons. The lowest BCUT2D eigenvalue weighted by molar-refractivity contribution is -0.332. The van der Waals surface area contributed by atoms with Crippen molar-refractivity contribution < 1.29 is 28.5 Å². The maximum atomic E-state index is 14.8. The lowest BCUT2D eigenvalue weighted by Crippen LogP contribution is -2.62. The number of rotatable bonds is 10. The third-order valence-electron chi connectivity index (χ3n) is 8.79. The number of hydrogen-bond acceptors (Lipinski definition) is 10. The van der Waals surface area contributed by atoms with Crippen LogP contribution in [0, 0.1) is 0 Å². The van der Waals surface area contributed by atoms with Gasteiger partial charge in [0, 0.05) is 53.8 Å². The minimum atomic E-state index is -3.42. The van der Waals surface area contributed by atoms with Gasteiger partial charge in [0.05, 0.1) is 28.8 Å². The highest BCUT2D eigenvalue weighted by Gasteiger charge is 2.52. The molecule has 1 spiro atoms. The average molecular weight is 688 g/mol. The van der Waals surface area contributed by atoms with Crippen LogP contribution in [0.25, 0.3) is 10.9 Å². The quantitative estimate of drug-likeness (QED) is 0.174. The number of fused-ring (bicyclic) bond motifs is 1. The fourth-order valence-electron chi connectivity index (χ4n) is 6.33. The minimum Gasteiger partial charge on any atom is -0.506 e. The molecule has 2 saturated heterocycles. The predicted octanol–water partition coefficient (Wildman–Crippen LogP) is 4.84. The summed E-state index contributed by atoms with van der Waals surface area (Å²) in [5, 5.41) is 29.3. The molecule has 1 atom stereocenters. The van der Waals surface area contributed by atoms with Crippen LogP contribution in [0.3, 0.4) is 0 Å². The molecule has 0 saturated carbocycles. The van der Waals surface area contributed by atoms with Crippen LogP contribution in [0.5, 0.6) is 5.75 Å². The molecular weight excluding hydrogens is 649 g/mol. The number of ether oxygens (including phenoxy) is 1. The number of thiophene rings is 1. The van der Waals surface area contributed by atoms with Gasteiger partial charge in [-0.3, -0.25) is 14.5 Å². The standard InChI is InChI=1S/C33H39F2N5O5S2/c1-20(2)30-37-25(17-47-30)31(44)40-18-32(45-33(34,35)19-40)8-11-39(12-9-32)15-22-13-21(16-46-22)7-10-36-14-27(42)23-3-5-26(41)29-24(23)4-6-28(43)38-29/h3-6,13,16-17,20,27,36,41-42H,7-12,14-15,18-19H2,1-2H3,(H,38,43)/t27-/m0/s1. The summed E-state index contributed by atoms with van der Waals surface area (Å²) in [5.41, 5.74) is 0.882. The summed E-state index contributed by atoms with van der Waals surface area (Å²) in [5.74, 6) is -0.360. The van der Waals surface area contributed by atoms with Gasteiger partial charge in [0.2, 0.25) is 5.56 Å². The number of halogens is 2. The third-order valence-corrected chi connectivity index (χ3v) is 10.9. The molecule has 4 N–H and O–H groups in total. The van der Waals surface area contributed by atoms with Crippen molar-refractivity contribution in [2.75, 3.05) is 39.3 Å². The SMILES string of the molecule is CC(C)c1nc(C(=O)N2CC(F)(F)OC3(CCN(Cc4cc(CCNC[C@H](O)c5ccc(O)c6[nH]c(=O)ccc56)cs4)CC3)C2)cs1. The van der Waals surface area contributed by atoms with Crippen molar-refractivity contribution in [3.8, 4) is 5.75 Å². The molecule has 0 bridgehead atoms. The first-order valence-electron chi connectivity index (χ1n) is 15.8. The van der Waals surface area contributed by atoms with Crippen molar-refractivity contribution in [2.24, 2.45) is 0 Å². The highest BCUT2D eigenvalue weighted by molar-refractivity contribution is 7.10. The Hall–Kier alpha value is -3.27. The topological polar surface area (TPSA) is 131 Å². The molecule has 1 amide bonds. The van der Waals surface area contributed by atoms with E-state index in [2.05, 4.69) is 31.6 Å². The first-order chi connectivity index (χ1) is 22.4. The number of H-pyrrole nitrogens is 1. The number of amides is 1. The molecule has 252 valence electrons. The number of thiazole rings is 1. The number of morpholine rings is 1. The number of aliphatic hydroxyl groups is 1. The fraction of sp³-hybridized carbons (Fsp3) is 0.485. The van der Waals surface area contributed by atoms with Crippen LogP contribution in [-0.4, -0.2) is 86.9 Å². The van der Waals surface area contributed by atoms with Crippen LogP contribution in [0.15, 0.2) is 45.9 Å². The lowest BCUT2D eigenvalue weighted by atomic mass is 9.89. The van der Waals surface area contributed by atoms with Gasteiger partial charge in [0.1, 0.15) is 18.0 Å². The minimum absolute atomic E-state index is 0.0475. The number of nitrogens with one attached hydrogen (secondary N) is 2. The number of carbonyl (C=O) groups is 1. The van der Waals surface area contributed by atoms with E-state index in [1.54, 1.807) is 28.8 Å². The molecule has 5 heterocycles. The first-order valence-corrected chi connectivity index (χ1v) is 17.5. The molecule has 14 heteroatoms. The zero-order valence-corrected chi connectivity index (χ0v) is 27.9. The third kappa shape index (κ3) is 7.74. The van der Waals surface area contributed by atoms with Gasteiger partial charge in [-0.1, -0.05) is 19.9 Å². The van der Waals surface area contributed by atoms with E-state index >= 15 is 0 Å². The Morgan fingerprint density at radius 1 is 1.15 bits per heavy atom. The molecule has 3 aromatic heterocycles. The van der Waals surface area contributed by atoms with Crippen molar-refractivity contribution in [3.63, 3.8) is 0 Å². The summed E-state index contributed by atoms with van der Waals surface area (Å²) >= 11 is 3.03. The Morgan fingerprint density at radius 2 is 1.94 bits per heavy atom. The maximum absolute atomic E-state index is 14.8. The Bertz CT molecular complexity index is 1780. The Morgan fingerprint density at radius 3 is 2.68 bits per heavy atom. The van der Waals surface area contributed by atoms with Gasteiger partial charge < -0.3 is 30.2 Å². The predicted molar refractivity (Wildman–Crippen MR) is 177 cm³/mol. The number of carbonyl (C=O) groups excluding carboxylic acids is 1. The smallest absolute Gasteiger partial charge is 0.373 e. The van der Waals surface area contributed by atoms with Gasteiger partial charge >= 0.3 is 6.11 Å². The van der Waals surface area contributed by atoms with Gasteiger partial charge in [0.25, 0.3) is 5.91 Å². The second-order valence-corrected chi connectivity index (χ2v) is 14.6. The molecular formula is C33H39F2N5O5S2. The van der Waals surface area contributed by atoms with Crippen molar-refractivity contribution in [1.82, 2.24) is 25.1 Å². The van der Waals surface area contributed by atoms with Crippen LogP contribution < -0.4 is 10.9 Å². The Kier molecular flexibility index (Phi) is 9.79. The first kappa shape index (κ1) is 33.6. The monoisotopic (exact) mass is 687 g/mol. The van der Waals surface area contributed by atoms with Crippen LogP contribution >= 0.6 is 22.7 Å². The van der Waals surface area contributed by atoms with Crippen LogP contribution in [0.2, 0.25) is 0 Å².